The normalized spacial score (nSPS) is 5.36. The van der Waals surface area contributed by atoms with E-state index >= 15 is 0 Å². The van der Waals surface area contributed by atoms with Gasteiger partial charge in [0.15, 0.2) is 0 Å². The Kier molecular flexibility index (Phi) is 54.6. The van der Waals surface area contributed by atoms with Crippen molar-refractivity contribution in [2.24, 2.45) is 0 Å². The van der Waals surface area contributed by atoms with Gasteiger partial charge in [0, 0.05) is 0 Å². The predicted molar refractivity (Wildman–Crippen MR) is 18.4 cm³/mol. The molecule has 14 heavy (non-hydrogen) atoms. The molecule has 0 N–H and O–H groups in total. The van der Waals surface area contributed by atoms with E-state index in [2.05, 4.69) is 0 Å². The SMILES string of the molecule is [Bi+3].[O]=[Ta](=[O])[O-].[O]=[Ta](=[O])[O-].[O]=[Ta](=[O])[O-].[SrH2]. The zero-order chi connectivity index (χ0) is 10.7. The third kappa shape index (κ3) is 291. The fourth-order valence-electron chi connectivity index (χ4n) is 0. The van der Waals surface area contributed by atoms with Crippen molar-refractivity contribution < 1.29 is 86.7 Å². The topological polar surface area (TPSA) is 172 Å². The van der Waals surface area contributed by atoms with Crippen LogP contribution in [-0.4, -0.2) is 71.7 Å². The molecule has 0 aliphatic heterocycles. The molecule has 0 rings (SSSR count). The second kappa shape index (κ2) is 25.2. The summed E-state index contributed by atoms with van der Waals surface area (Å²) in [6, 6.07) is 0. The second-order valence-corrected chi connectivity index (χ2v) is 5.49. The van der Waals surface area contributed by atoms with E-state index in [1.807, 2.05) is 0 Å². The van der Waals surface area contributed by atoms with E-state index in [9.17, 15) is 0 Å². The molecule has 0 bridgehead atoms. The van der Waals surface area contributed by atoms with Crippen molar-refractivity contribution in [3.8, 4) is 0 Å². The summed E-state index contributed by atoms with van der Waals surface area (Å²) < 4.78 is 77.6. The Morgan fingerprint density at radius 1 is 0.571 bits per heavy atom. The van der Waals surface area contributed by atoms with Gasteiger partial charge in [-0.2, -0.15) is 0 Å². The second-order valence-electron chi connectivity index (χ2n) is 0.671. The van der Waals surface area contributed by atoms with Crippen LogP contribution in [0.1, 0.15) is 0 Å². The molecule has 0 saturated carbocycles. The van der Waals surface area contributed by atoms with Crippen LogP contribution in [-0.2, 0) is 75.9 Å². The van der Waals surface area contributed by atoms with Crippen molar-refractivity contribution in [3.63, 3.8) is 0 Å². The molecular formula is H2BiO9SrTa3. The first-order valence-corrected chi connectivity index (χ1v) is 13.4. The number of hydrogen-bond donors (Lipinski definition) is 0. The Hall–Kier alpha value is 3.26. The van der Waals surface area contributed by atoms with Gasteiger partial charge in [-0.3, -0.25) is 0 Å². The first-order valence-electron chi connectivity index (χ1n) is 1.64. The summed E-state index contributed by atoms with van der Waals surface area (Å²) in [5.41, 5.74) is 0. The van der Waals surface area contributed by atoms with Crippen LogP contribution >= 0.6 is 0 Å². The van der Waals surface area contributed by atoms with E-state index in [1.165, 1.54) is 0 Å². The molecule has 0 spiro atoms. The molecule has 0 amide bonds. The number of rotatable bonds is 0. The predicted octanol–water partition coefficient (Wildman–Crippen LogP) is -5.58. The zero-order valence-electron chi connectivity index (χ0n) is 5.46. The van der Waals surface area contributed by atoms with E-state index in [0.717, 1.165) is 0 Å². The van der Waals surface area contributed by atoms with Crippen LogP contribution in [0.2, 0.25) is 0 Å². The number of hydrogen-bond acceptors (Lipinski definition) is 9. The minimum atomic E-state index is -4.34. The molecule has 14 heteroatoms. The molecule has 0 heterocycles. The first-order chi connectivity index (χ1) is 5.20. The van der Waals surface area contributed by atoms with Crippen molar-refractivity contribution in [2.45, 2.75) is 0 Å². The Morgan fingerprint density at radius 3 is 0.571 bits per heavy atom. The van der Waals surface area contributed by atoms with Gasteiger partial charge in [0.05, 0.1) is 0 Å². The van der Waals surface area contributed by atoms with E-state index in [4.69, 9.17) is 30.3 Å². The molecule has 2 radical (unpaired) electrons. The standard InChI is InChI=1S/Bi.9O.Sr.3Ta.2H/q+3;;;;;;;3*-1;;;;;;. The molecule has 0 aliphatic rings. The van der Waals surface area contributed by atoms with Crippen molar-refractivity contribution in [3.05, 3.63) is 0 Å². The minimum absolute atomic E-state index is 0. The van der Waals surface area contributed by atoms with Crippen LogP contribution in [0.15, 0.2) is 0 Å². The summed E-state index contributed by atoms with van der Waals surface area (Å²) in [5.74, 6) is 0. The third-order valence-electron chi connectivity index (χ3n) is 0. The molecule has 0 saturated heterocycles. The molecule has 0 aromatic rings. The van der Waals surface area contributed by atoms with Crippen LogP contribution in [0.3, 0.4) is 0 Å². The van der Waals surface area contributed by atoms with Crippen LogP contribution in [0, 0.1) is 0 Å². The zero-order valence-corrected chi connectivity index (χ0v) is 18.6. The first kappa shape index (κ1) is 30.4. The molecule has 0 aliphatic carbocycles. The van der Waals surface area contributed by atoms with E-state index in [0.29, 0.717) is 0 Å². The van der Waals surface area contributed by atoms with Crippen molar-refractivity contribution in [1.29, 1.82) is 0 Å². The quantitative estimate of drug-likeness (QED) is 0.215. The molecule has 0 aromatic heterocycles. The molecule has 0 fully saturated rings. The Labute approximate surface area is 155 Å². The fraction of sp³-hybridized carbons (Fsp3) is 0. The Bertz CT molecular complexity index is 213. The van der Waals surface area contributed by atoms with Gasteiger partial charge < -0.3 is 0 Å². The van der Waals surface area contributed by atoms with Crippen LogP contribution in [0.5, 0.6) is 0 Å². The molecule has 0 aromatic carbocycles. The Morgan fingerprint density at radius 2 is 0.571 bits per heavy atom. The summed E-state index contributed by atoms with van der Waals surface area (Å²) in [5, 5.41) is 0. The Balaban J connectivity index is -0.0000000270. The molecule has 78 valence electrons. The summed E-state index contributed by atoms with van der Waals surface area (Å²) in [6.07, 6.45) is 0. The molecule has 0 unspecified atom stereocenters. The van der Waals surface area contributed by atoms with Crippen LogP contribution in [0.4, 0.5) is 0 Å². The van der Waals surface area contributed by atoms with Crippen LogP contribution in [0.25, 0.3) is 0 Å². The van der Waals surface area contributed by atoms with Gasteiger partial charge in [-0.25, -0.2) is 0 Å². The molecule has 9 nitrogen and oxygen atoms in total. The van der Waals surface area contributed by atoms with Gasteiger partial charge in [0.2, 0.25) is 0 Å². The fourth-order valence-corrected chi connectivity index (χ4v) is 0. The summed E-state index contributed by atoms with van der Waals surface area (Å²) >= 11 is -13.0. The average molecular weight is 985 g/mol. The summed E-state index contributed by atoms with van der Waals surface area (Å²) in [7, 11) is 0. The van der Waals surface area contributed by atoms with Gasteiger partial charge in [-0.15, -0.1) is 0 Å². The monoisotopic (exact) mass is 986 g/mol. The summed E-state index contributed by atoms with van der Waals surface area (Å²) in [6.45, 7) is 0. The summed E-state index contributed by atoms with van der Waals surface area (Å²) in [4.78, 5) is 0. The van der Waals surface area contributed by atoms with E-state index in [-0.39, 0.29) is 71.7 Å². The third-order valence-corrected chi connectivity index (χ3v) is 0. The van der Waals surface area contributed by atoms with Crippen LogP contribution < -0.4 is 10.8 Å². The molecular weight excluding hydrogens is 983 g/mol. The van der Waals surface area contributed by atoms with Gasteiger partial charge >= 0.3 is 158 Å². The maximum atomic E-state index is 8.62. The van der Waals surface area contributed by atoms with E-state index in [1.54, 1.807) is 0 Å². The van der Waals surface area contributed by atoms with Gasteiger partial charge in [0.1, 0.15) is 0 Å². The van der Waals surface area contributed by atoms with Crippen molar-refractivity contribution in [1.82, 2.24) is 0 Å². The van der Waals surface area contributed by atoms with Crippen molar-refractivity contribution in [2.75, 3.05) is 0 Å². The average Bonchev–Trinajstić information content (AvgIpc) is 1.54. The maximum absolute atomic E-state index is 8.62. The molecule has 0 atom stereocenters. The van der Waals surface area contributed by atoms with E-state index < -0.39 is 56.4 Å². The van der Waals surface area contributed by atoms with Gasteiger partial charge in [-0.1, -0.05) is 0 Å². The van der Waals surface area contributed by atoms with Gasteiger partial charge in [-0.05, 0) is 0 Å². The van der Waals surface area contributed by atoms with Crippen molar-refractivity contribution >= 4 is 71.7 Å². The van der Waals surface area contributed by atoms with Gasteiger partial charge in [0.25, 0.3) is 0 Å².